The molecule has 1 aliphatic carbocycles. The minimum absolute atomic E-state index is 0.0969. The van der Waals surface area contributed by atoms with Crippen molar-refractivity contribution in [1.29, 1.82) is 5.26 Å². The Morgan fingerprint density at radius 1 is 1.24 bits per heavy atom. The van der Waals surface area contributed by atoms with Crippen LogP contribution in [0, 0.1) is 11.3 Å². The quantitative estimate of drug-likeness (QED) is 0.805. The average Bonchev–Trinajstić information content (AvgIpc) is 2.85. The maximum atomic E-state index is 12.0. The van der Waals surface area contributed by atoms with Crippen molar-refractivity contribution in [2.24, 2.45) is 0 Å². The molecule has 1 aliphatic heterocycles. The molecule has 1 heterocycles. The zero-order valence-corrected chi connectivity index (χ0v) is 10.3. The first-order chi connectivity index (χ1) is 8.31. The Morgan fingerprint density at radius 2 is 2.00 bits per heavy atom. The predicted molar refractivity (Wildman–Crippen MR) is 65.2 cm³/mol. The molecule has 1 saturated heterocycles. The van der Waals surface area contributed by atoms with Gasteiger partial charge in [-0.1, -0.05) is 19.3 Å². The fourth-order valence-electron chi connectivity index (χ4n) is 2.84. The molecular formula is C13H21N3O. The van der Waals surface area contributed by atoms with Crippen molar-refractivity contribution in [3.8, 4) is 6.07 Å². The van der Waals surface area contributed by atoms with Crippen molar-refractivity contribution < 1.29 is 4.79 Å². The number of rotatable bonds is 3. The van der Waals surface area contributed by atoms with E-state index >= 15 is 0 Å². The third kappa shape index (κ3) is 3.19. The highest BCUT2D eigenvalue weighted by Gasteiger charge is 2.28. The van der Waals surface area contributed by atoms with Gasteiger partial charge >= 0.3 is 0 Å². The number of carbonyl (C=O) groups excluding carboxylic acids is 1. The van der Waals surface area contributed by atoms with E-state index in [1.807, 2.05) is 0 Å². The van der Waals surface area contributed by atoms with Gasteiger partial charge in [0.25, 0.3) is 0 Å². The average molecular weight is 235 g/mol. The van der Waals surface area contributed by atoms with Crippen LogP contribution in [0.25, 0.3) is 0 Å². The summed E-state index contributed by atoms with van der Waals surface area (Å²) in [6.45, 7) is 1.16. The van der Waals surface area contributed by atoms with Gasteiger partial charge in [-0.25, -0.2) is 0 Å². The number of nitriles is 1. The van der Waals surface area contributed by atoms with E-state index in [1.165, 1.54) is 32.1 Å². The lowest BCUT2D eigenvalue weighted by Gasteiger charge is -2.25. The molecule has 0 spiro atoms. The molecule has 4 nitrogen and oxygen atoms in total. The standard InChI is InChI=1S/C13H21N3O/c14-9-12-7-4-8-16(12)13(17)10-15-11-5-2-1-3-6-11/h11-12,15H,1-8,10H2. The molecular weight excluding hydrogens is 214 g/mol. The van der Waals surface area contributed by atoms with Crippen LogP contribution in [0.5, 0.6) is 0 Å². The van der Waals surface area contributed by atoms with Crippen LogP contribution in [0.15, 0.2) is 0 Å². The van der Waals surface area contributed by atoms with Crippen molar-refractivity contribution in [2.75, 3.05) is 13.1 Å². The fraction of sp³-hybridized carbons (Fsp3) is 0.846. The van der Waals surface area contributed by atoms with Crippen molar-refractivity contribution in [1.82, 2.24) is 10.2 Å². The topological polar surface area (TPSA) is 56.1 Å². The first-order valence-corrected chi connectivity index (χ1v) is 6.73. The summed E-state index contributed by atoms with van der Waals surface area (Å²) in [6, 6.07) is 2.54. The molecule has 1 N–H and O–H groups in total. The van der Waals surface area contributed by atoms with Gasteiger partial charge in [-0.15, -0.1) is 0 Å². The number of hydrogen-bond donors (Lipinski definition) is 1. The SMILES string of the molecule is N#CC1CCCN1C(=O)CNC1CCCCC1. The second-order valence-electron chi connectivity index (χ2n) is 5.09. The number of nitrogens with zero attached hydrogens (tertiary/aromatic N) is 2. The largest absolute Gasteiger partial charge is 0.326 e. The van der Waals surface area contributed by atoms with Gasteiger partial charge < -0.3 is 10.2 Å². The zero-order valence-electron chi connectivity index (χ0n) is 10.3. The van der Waals surface area contributed by atoms with Crippen LogP contribution in [0.3, 0.4) is 0 Å². The Morgan fingerprint density at radius 3 is 2.71 bits per heavy atom. The van der Waals surface area contributed by atoms with E-state index in [9.17, 15) is 4.79 Å². The lowest BCUT2D eigenvalue weighted by molar-refractivity contribution is -0.130. The van der Waals surface area contributed by atoms with Gasteiger partial charge in [0, 0.05) is 12.6 Å². The van der Waals surface area contributed by atoms with E-state index in [0.29, 0.717) is 12.6 Å². The molecule has 1 atom stereocenters. The molecule has 1 saturated carbocycles. The Labute approximate surface area is 103 Å². The van der Waals surface area contributed by atoms with E-state index in [0.717, 1.165) is 19.4 Å². The lowest BCUT2D eigenvalue weighted by Crippen LogP contribution is -2.43. The van der Waals surface area contributed by atoms with Crippen LogP contribution in [0.2, 0.25) is 0 Å². The third-order valence-electron chi connectivity index (χ3n) is 3.87. The summed E-state index contributed by atoms with van der Waals surface area (Å²) in [7, 11) is 0. The van der Waals surface area contributed by atoms with Crippen LogP contribution in [0.1, 0.15) is 44.9 Å². The number of likely N-dealkylation sites (tertiary alicyclic amines) is 1. The molecule has 0 aromatic carbocycles. The first-order valence-electron chi connectivity index (χ1n) is 6.73. The van der Waals surface area contributed by atoms with Gasteiger partial charge in [-0.2, -0.15) is 5.26 Å². The van der Waals surface area contributed by atoms with E-state index < -0.39 is 0 Å². The molecule has 1 amide bonds. The lowest BCUT2D eigenvalue weighted by atomic mass is 9.95. The molecule has 0 aromatic heterocycles. The van der Waals surface area contributed by atoms with Gasteiger partial charge in [0.2, 0.25) is 5.91 Å². The summed E-state index contributed by atoms with van der Waals surface area (Å²) in [5.41, 5.74) is 0. The molecule has 1 unspecified atom stereocenters. The summed E-state index contributed by atoms with van der Waals surface area (Å²) in [5, 5.41) is 12.3. The van der Waals surface area contributed by atoms with E-state index in [2.05, 4.69) is 11.4 Å². The van der Waals surface area contributed by atoms with Crippen LogP contribution in [0.4, 0.5) is 0 Å². The van der Waals surface area contributed by atoms with Crippen LogP contribution >= 0.6 is 0 Å². The minimum atomic E-state index is -0.185. The highest BCUT2D eigenvalue weighted by Crippen LogP contribution is 2.18. The summed E-state index contributed by atoms with van der Waals surface area (Å²) in [6.07, 6.45) is 8.06. The van der Waals surface area contributed by atoms with E-state index in [1.54, 1.807) is 4.90 Å². The molecule has 0 aromatic rings. The predicted octanol–water partition coefficient (Wildman–Crippen LogP) is 1.42. The number of hydrogen-bond acceptors (Lipinski definition) is 3. The Kier molecular flexibility index (Phi) is 4.38. The molecule has 2 aliphatic rings. The zero-order chi connectivity index (χ0) is 12.1. The maximum absolute atomic E-state index is 12.0. The van der Waals surface area contributed by atoms with Gasteiger partial charge in [-0.05, 0) is 25.7 Å². The minimum Gasteiger partial charge on any atom is -0.326 e. The Bertz CT molecular complexity index is 304. The second-order valence-corrected chi connectivity index (χ2v) is 5.09. The van der Waals surface area contributed by atoms with E-state index in [-0.39, 0.29) is 11.9 Å². The molecule has 2 fully saturated rings. The molecule has 94 valence electrons. The first kappa shape index (κ1) is 12.4. The van der Waals surface area contributed by atoms with E-state index in [4.69, 9.17) is 5.26 Å². The summed E-state index contributed by atoms with van der Waals surface area (Å²) in [4.78, 5) is 13.7. The van der Waals surface area contributed by atoms with Crippen molar-refractivity contribution >= 4 is 5.91 Å². The third-order valence-corrected chi connectivity index (χ3v) is 3.87. The smallest absolute Gasteiger partial charge is 0.237 e. The normalized spacial score (nSPS) is 25.8. The van der Waals surface area contributed by atoms with Gasteiger partial charge in [-0.3, -0.25) is 4.79 Å². The van der Waals surface area contributed by atoms with Crippen LogP contribution < -0.4 is 5.32 Å². The number of amides is 1. The van der Waals surface area contributed by atoms with Crippen LogP contribution in [-0.4, -0.2) is 36.0 Å². The maximum Gasteiger partial charge on any atom is 0.237 e. The van der Waals surface area contributed by atoms with Gasteiger partial charge in [0.05, 0.1) is 12.6 Å². The van der Waals surface area contributed by atoms with Crippen LogP contribution in [-0.2, 0) is 4.79 Å². The Hall–Kier alpha value is -1.08. The highest BCUT2D eigenvalue weighted by molar-refractivity contribution is 5.79. The van der Waals surface area contributed by atoms with Crippen molar-refractivity contribution in [2.45, 2.75) is 57.0 Å². The van der Waals surface area contributed by atoms with Crippen molar-refractivity contribution in [3.05, 3.63) is 0 Å². The highest BCUT2D eigenvalue weighted by atomic mass is 16.2. The molecule has 2 rings (SSSR count). The van der Waals surface area contributed by atoms with Gasteiger partial charge in [0.15, 0.2) is 0 Å². The summed E-state index contributed by atoms with van der Waals surface area (Å²) < 4.78 is 0. The Balaban J connectivity index is 1.75. The monoisotopic (exact) mass is 235 g/mol. The number of carbonyl (C=O) groups is 1. The molecule has 0 radical (unpaired) electrons. The fourth-order valence-corrected chi connectivity index (χ4v) is 2.84. The molecule has 4 heteroatoms. The molecule has 0 bridgehead atoms. The summed E-state index contributed by atoms with van der Waals surface area (Å²) in [5.74, 6) is 0.0969. The molecule has 17 heavy (non-hydrogen) atoms. The summed E-state index contributed by atoms with van der Waals surface area (Å²) >= 11 is 0. The van der Waals surface area contributed by atoms with Gasteiger partial charge in [0.1, 0.15) is 6.04 Å². The van der Waals surface area contributed by atoms with Crippen molar-refractivity contribution in [3.63, 3.8) is 0 Å². The number of nitrogens with one attached hydrogen (secondary N) is 1. The second kappa shape index (κ2) is 6.02.